The van der Waals surface area contributed by atoms with Crippen LogP contribution in [0.15, 0.2) is 0 Å². The molecule has 3 atom stereocenters. The first-order valence-electron chi connectivity index (χ1n) is 6.33. The van der Waals surface area contributed by atoms with E-state index in [1.807, 2.05) is 6.92 Å². The third-order valence-corrected chi connectivity index (χ3v) is 5.12. The fourth-order valence-corrected chi connectivity index (χ4v) is 2.57. The summed E-state index contributed by atoms with van der Waals surface area (Å²) in [5.74, 6) is 0. The molecule has 0 radical (unpaired) electrons. The Morgan fingerprint density at radius 1 is 1.28 bits per heavy atom. The summed E-state index contributed by atoms with van der Waals surface area (Å²) >= 11 is 0. The van der Waals surface area contributed by atoms with Crippen LogP contribution in [0, 0.1) is 0 Å². The molecule has 0 saturated heterocycles. The van der Waals surface area contributed by atoms with Crippen molar-refractivity contribution in [3.63, 3.8) is 0 Å². The fourth-order valence-electron chi connectivity index (χ4n) is 1.68. The van der Waals surface area contributed by atoms with E-state index in [1.54, 1.807) is 20.9 Å². The molecule has 0 aromatic rings. The standard InChI is InChI=1S/C12H26N2O3S/c1-7-8-9(2)13-12(15)14(5)10(3)11(4)18(6,16)17/h9-11H,7-8H2,1-6H3,(H,13,15). The number of carbonyl (C=O) groups excluding carboxylic acids is 1. The maximum absolute atomic E-state index is 11.9. The van der Waals surface area contributed by atoms with E-state index in [0.29, 0.717) is 0 Å². The number of urea groups is 1. The number of hydrogen-bond donors (Lipinski definition) is 1. The van der Waals surface area contributed by atoms with Crippen molar-refractivity contribution in [2.75, 3.05) is 13.3 Å². The highest BCUT2D eigenvalue weighted by atomic mass is 32.2. The number of hydrogen-bond acceptors (Lipinski definition) is 3. The minimum absolute atomic E-state index is 0.102. The molecular weight excluding hydrogens is 252 g/mol. The fraction of sp³-hybridized carbons (Fsp3) is 0.917. The Kier molecular flexibility index (Phi) is 6.67. The third kappa shape index (κ3) is 5.25. The molecule has 0 heterocycles. The van der Waals surface area contributed by atoms with Crippen LogP contribution >= 0.6 is 0 Å². The van der Waals surface area contributed by atoms with Crippen LogP contribution in [0.3, 0.4) is 0 Å². The van der Waals surface area contributed by atoms with Crippen LogP contribution in [-0.4, -0.2) is 50.0 Å². The minimum Gasteiger partial charge on any atom is -0.336 e. The quantitative estimate of drug-likeness (QED) is 0.803. The van der Waals surface area contributed by atoms with E-state index in [0.717, 1.165) is 12.8 Å². The zero-order valence-electron chi connectivity index (χ0n) is 12.2. The maximum Gasteiger partial charge on any atom is 0.317 e. The zero-order valence-corrected chi connectivity index (χ0v) is 13.0. The summed E-state index contributed by atoms with van der Waals surface area (Å²) in [4.78, 5) is 13.4. The van der Waals surface area contributed by atoms with E-state index in [2.05, 4.69) is 12.2 Å². The molecule has 0 fully saturated rings. The normalized spacial score (nSPS) is 16.8. The van der Waals surface area contributed by atoms with Gasteiger partial charge in [-0.15, -0.1) is 0 Å². The molecule has 0 aromatic heterocycles. The lowest BCUT2D eigenvalue weighted by Gasteiger charge is -2.30. The van der Waals surface area contributed by atoms with Crippen molar-refractivity contribution in [3.05, 3.63) is 0 Å². The van der Waals surface area contributed by atoms with Gasteiger partial charge in [0, 0.05) is 25.4 Å². The summed E-state index contributed by atoms with van der Waals surface area (Å²) in [5, 5.41) is 2.29. The molecule has 0 aliphatic rings. The number of nitrogens with zero attached hydrogens (tertiary/aromatic N) is 1. The molecule has 2 amide bonds. The number of nitrogens with one attached hydrogen (secondary N) is 1. The Hall–Kier alpha value is -0.780. The van der Waals surface area contributed by atoms with Crippen LogP contribution in [0.5, 0.6) is 0 Å². The largest absolute Gasteiger partial charge is 0.336 e. The lowest BCUT2D eigenvalue weighted by Crippen LogP contribution is -2.50. The highest BCUT2D eigenvalue weighted by Gasteiger charge is 2.28. The van der Waals surface area contributed by atoms with Gasteiger partial charge in [0.2, 0.25) is 0 Å². The summed E-state index contributed by atoms with van der Waals surface area (Å²) in [5.41, 5.74) is 0. The van der Waals surface area contributed by atoms with Gasteiger partial charge in [0.25, 0.3) is 0 Å². The molecule has 6 heteroatoms. The molecule has 0 aliphatic carbocycles. The molecule has 0 rings (SSSR count). The first-order valence-corrected chi connectivity index (χ1v) is 8.28. The van der Waals surface area contributed by atoms with Crippen molar-refractivity contribution in [3.8, 4) is 0 Å². The van der Waals surface area contributed by atoms with Gasteiger partial charge in [-0.05, 0) is 27.2 Å². The van der Waals surface area contributed by atoms with Crippen LogP contribution in [-0.2, 0) is 9.84 Å². The third-order valence-electron chi connectivity index (χ3n) is 3.38. The predicted molar refractivity (Wildman–Crippen MR) is 74.4 cm³/mol. The highest BCUT2D eigenvalue weighted by molar-refractivity contribution is 7.91. The molecule has 0 saturated carbocycles. The lowest BCUT2D eigenvalue weighted by atomic mass is 10.2. The second kappa shape index (κ2) is 6.97. The second-order valence-corrected chi connectivity index (χ2v) is 7.43. The van der Waals surface area contributed by atoms with Crippen LogP contribution in [0.25, 0.3) is 0 Å². The molecule has 0 bridgehead atoms. The SMILES string of the molecule is CCCC(C)NC(=O)N(C)C(C)C(C)S(C)(=O)=O. The van der Waals surface area contributed by atoms with Crippen molar-refractivity contribution in [1.29, 1.82) is 0 Å². The van der Waals surface area contributed by atoms with E-state index in [-0.39, 0.29) is 18.1 Å². The molecular formula is C12H26N2O3S. The van der Waals surface area contributed by atoms with Gasteiger partial charge in [0.1, 0.15) is 0 Å². The van der Waals surface area contributed by atoms with Crippen LogP contribution in [0.1, 0.15) is 40.5 Å². The molecule has 0 aliphatic heterocycles. The summed E-state index contributed by atoms with van der Waals surface area (Å²) < 4.78 is 22.9. The van der Waals surface area contributed by atoms with E-state index in [4.69, 9.17) is 0 Å². The first kappa shape index (κ1) is 17.2. The van der Waals surface area contributed by atoms with Crippen molar-refractivity contribution < 1.29 is 13.2 Å². The molecule has 0 aromatic carbocycles. The molecule has 18 heavy (non-hydrogen) atoms. The van der Waals surface area contributed by atoms with Gasteiger partial charge in [0.15, 0.2) is 9.84 Å². The molecule has 1 N–H and O–H groups in total. The van der Waals surface area contributed by atoms with E-state index in [9.17, 15) is 13.2 Å². The first-order chi connectivity index (χ1) is 8.11. The number of sulfone groups is 1. The molecule has 3 unspecified atom stereocenters. The zero-order chi connectivity index (χ0) is 14.5. The van der Waals surface area contributed by atoms with E-state index < -0.39 is 15.1 Å². The predicted octanol–water partition coefficient (Wildman–Crippen LogP) is 1.64. The second-order valence-electron chi connectivity index (χ2n) is 5.03. The average Bonchev–Trinajstić information content (AvgIpc) is 2.24. The summed E-state index contributed by atoms with van der Waals surface area (Å²) in [6.07, 6.45) is 3.11. The van der Waals surface area contributed by atoms with Crippen molar-refractivity contribution in [2.45, 2.75) is 57.9 Å². The highest BCUT2D eigenvalue weighted by Crippen LogP contribution is 2.10. The Morgan fingerprint density at radius 2 is 1.78 bits per heavy atom. The lowest BCUT2D eigenvalue weighted by molar-refractivity contribution is 0.189. The number of amides is 2. The van der Waals surface area contributed by atoms with Gasteiger partial charge in [-0.25, -0.2) is 13.2 Å². The van der Waals surface area contributed by atoms with Crippen molar-refractivity contribution in [1.82, 2.24) is 10.2 Å². The Balaban J connectivity index is 4.55. The van der Waals surface area contributed by atoms with Gasteiger partial charge in [-0.3, -0.25) is 0 Å². The van der Waals surface area contributed by atoms with Gasteiger partial charge >= 0.3 is 6.03 Å². The molecule has 0 spiro atoms. The van der Waals surface area contributed by atoms with Gasteiger partial charge in [-0.1, -0.05) is 13.3 Å². The molecule has 108 valence electrons. The smallest absolute Gasteiger partial charge is 0.317 e. The Bertz CT molecular complexity index is 368. The van der Waals surface area contributed by atoms with Crippen molar-refractivity contribution in [2.24, 2.45) is 0 Å². The molecule has 5 nitrogen and oxygen atoms in total. The summed E-state index contributed by atoms with van der Waals surface area (Å²) in [6.45, 7) is 7.37. The number of rotatable bonds is 6. The van der Waals surface area contributed by atoms with E-state index >= 15 is 0 Å². The van der Waals surface area contributed by atoms with Crippen LogP contribution < -0.4 is 5.32 Å². The van der Waals surface area contributed by atoms with Crippen LogP contribution in [0.2, 0.25) is 0 Å². The van der Waals surface area contributed by atoms with Gasteiger partial charge < -0.3 is 10.2 Å². The number of carbonyl (C=O) groups is 1. The Morgan fingerprint density at radius 3 is 2.17 bits per heavy atom. The van der Waals surface area contributed by atoms with Gasteiger partial charge in [-0.2, -0.15) is 0 Å². The van der Waals surface area contributed by atoms with E-state index in [1.165, 1.54) is 11.2 Å². The monoisotopic (exact) mass is 278 g/mol. The summed E-state index contributed by atoms with van der Waals surface area (Å²) in [6, 6.07) is -0.474. The van der Waals surface area contributed by atoms with Crippen LogP contribution in [0.4, 0.5) is 4.79 Å². The Labute approximate surface area is 111 Å². The van der Waals surface area contributed by atoms with Crippen molar-refractivity contribution >= 4 is 15.9 Å². The topological polar surface area (TPSA) is 66.5 Å². The van der Waals surface area contributed by atoms with Gasteiger partial charge in [0.05, 0.1) is 5.25 Å². The summed E-state index contributed by atoms with van der Waals surface area (Å²) in [7, 11) is -1.52. The average molecular weight is 278 g/mol. The maximum atomic E-state index is 11.9. The minimum atomic E-state index is -3.14.